The van der Waals surface area contributed by atoms with Crippen LogP contribution in [0.25, 0.3) is 5.76 Å². The van der Waals surface area contributed by atoms with Gasteiger partial charge in [-0.15, -0.1) is 0 Å². The van der Waals surface area contributed by atoms with Crippen LogP contribution >= 0.6 is 0 Å². The second-order valence-corrected chi connectivity index (χ2v) is 11.8. The minimum atomic E-state index is -2.71. The van der Waals surface area contributed by atoms with Crippen LogP contribution in [0.5, 0.6) is 5.75 Å². The van der Waals surface area contributed by atoms with E-state index in [0.717, 1.165) is 25.7 Å². The van der Waals surface area contributed by atoms with Crippen LogP contribution in [0.2, 0.25) is 0 Å². The topological polar surface area (TPSA) is 165 Å². The zero-order valence-electron chi connectivity index (χ0n) is 21.8. The van der Waals surface area contributed by atoms with Gasteiger partial charge in [0.2, 0.25) is 5.78 Å². The number of nitrogens with zero attached hydrogens (tertiary/aromatic N) is 2. The maximum atomic E-state index is 16.0. The van der Waals surface area contributed by atoms with E-state index in [9.17, 15) is 34.8 Å². The third kappa shape index (κ3) is 3.39. The number of hydrogen-bond donors (Lipinski definition) is 5. The molecule has 0 radical (unpaired) electrons. The van der Waals surface area contributed by atoms with Gasteiger partial charge in [-0.3, -0.25) is 24.2 Å². The number of rotatable bonds is 4. The summed E-state index contributed by atoms with van der Waals surface area (Å²) < 4.78 is 16.0. The van der Waals surface area contributed by atoms with E-state index in [1.165, 1.54) is 25.1 Å². The van der Waals surface area contributed by atoms with E-state index in [1.807, 2.05) is 0 Å². The minimum absolute atomic E-state index is 0.0609. The number of aliphatic hydroxyl groups excluding tert-OH is 2. The molecule has 1 aromatic rings. The number of halogens is 1. The molecule has 10 nitrogen and oxygen atoms in total. The van der Waals surface area contributed by atoms with Gasteiger partial charge in [-0.1, -0.05) is 0 Å². The van der Waals surface area contributed by atoms with Crippen LogP contribution in [0.15, 0.2) is 23.0 Å². The molecular formula is C28H32FN3O7. The summed E-state index contributed by atoms with van der Waals surface area (Å²) >= 11 is 0. The molecule has 3 fully saturated rings. The highest BCUT2D eigenvalue weighted by Crippen LogP contribution is 2.53. The first-order valence-electron chi connectivity index (χ1n) is 13.3. The van der Waals surface area contributed by atoms with Crippen molar-refractivity contribution in [3.8, 4) is 5.75 Å². The lowest BCUT2D eigenvalue weighted by Crippen LogP contribution is -2.65. The summed E-state index contributed by atoms with van der Waals surface area (Å²) in [5.74, 6) is -8.02. The lowest BCUT2D eigenvalue weighted by atomic mass is 9.57. The van der Waals surface area contributed by atoms with Crippen molar-refractivity contribution in [2.24, 2.45) is 17.6 Å². The van der Waals surface area contributed by atoms with Crippen molar-refractivity contribution < 1.29 is 39.2 Å². The molecule has 1 aromatic carbocycles. The number of carbonyl (C=O) groups is 3. The number of phenolic OH excluding ortho intramolecular Hbond substituents is 1. The fraction of sp³-hybridized carbons (Fsp3) is 0.536. The lowest BCUT2D eigenvalue weighted by Gasteiger charge is -2.50. The molecule has 0 unspecified atom stereocenters. The fourth-order valence-electron chi connectivity index (χ4n) is 7.94. The van der Waals surface area contributed by atoms with Crippen molar-refractivity contribution in [1.82, 2.24) is 9.80 Å². The number of hydrogen-bond acceptors (Lipinski definition) is 9. The molecule has 39 heavy (non-hydrogen) atoms. The molecule has 4 atom stereocenters. The van der Waals surface area contributed by atoms with Gasteiger partial charge in [-0.2, -0.15) is 0 Å². The molecule has 1 amide bonds. The van der Waals surface area contributed by atoms with Crippen molar-refractivity contribution in [1.29, 1.82) is 0 Å². The van der Waals surface area contributed by atoms with E-state index in [4.69, 9.17) is 5.73 Å². The first-order chi connectivity index (χ1) is 18.4. The Morgan fingerprint density at radius 2 is 1.77 bits per heavy atom. The Hall–Kier alpha value is -3.28. The molecule has 11 heteroatoms. The van der Waals surface area contributed by atoms with Crippen molar-refractivity contribution in [2.75, 3.05) is 14.1 Å². The SMILES string of the molecule is CN(C)[C@@H]1C(=O)C(C(N)=O)=C(O)[C@@]2(O)C(=O)C3=C(O)c4c(O)cc(CN5C6CCC5CC6)c(F)c4C[C@H]3C[C@@H]12. The number of amides is 1. The normalized spacial score (nSPS) is 34.0. The molecule has 208 valence electrons. The van der Waals surface area contributed by atoms with E-state index in [1.54, 1.807) is 0 Å². The van der Waals surface area contributed by atoms with E-state index < -0.39 is 63.9 Å². The highest BCUT2D eigenvalue weighted by molar-refractivity contribution is 6.24. The summed E-state index contributed by atoms with van der Waals surface area (Å²) in [7, 11) is 3.06. The number of ketones is 2. The van der Waals surface area contributed by atoms with E-state index in [0.29, 0.717) is 24.2 Å². The number of aromatic hydroxyl groups is 1. The van der Waals surface area contributed by atoms with Crippen molar-refractivity contribution in [3.63, 3.8) is 0 Å². The Labute approximate surface area is 224 Å². The molecule has 0 spiro atoms. The van der Waals surface area contributed by atoms with Crippen LogP contribution in [-0.2, 0) is 27.3 Å². The van der Waals surface area contributed by atoms with Crippen LogP contribution in [-0.4, -0.2) is 85.5 Å². The Morgan fingerprint density at radius 1 is 1.15 bits per heavy atom. The Bertz CT molecular complexity index is 1380. The van der Waals surface area contributed by atoms with Crippen LogP contribution in [0, 0.1) is 17.7 Å². The number of aliphatic hydroxyl groups is 3. The summed E-state index contributed by atoms with van der Waals surface area (Å²) in [4.78, 5) is 42.8. The first kappa shape index (κ1) is 26.0. The summed E-state index contributed by atoms with van der Waals surface area (Å²) in [5, 5.41) is 44.7. The highest BCUT2D eigenvalue weighted by Gasteiger charge is 2.64. The molecule has 0 aromatic heterocycles. The Morgan fingerprint density at radius 3 is 2.33 bits per heavy atom. The monoisotopic (exact) mass is 541 g/mol. The average molecular weight is 542 g/mol. The third-order valence-electron chi connectivity index (χ3n) is 9.69. The van der Waals surface area contributed by atoms with Crippen molar-refractivity contribution >= 4 is 23.2 Å². The second-order valence-electron chi connectivity index (χ2n) is 11.8. The van der Waals surface area contributed by atoms with E-state index in [2.05, 4.69) is 4.90 Å². The number of benzene rings is 1. The molecule has 3 aliphatic carbocycles. The maximum absolute atomic E-state index is 16.0. The molecule has 2 bridgehead atoms. The van der Waals surface area contributed by atoms with Gasteiger partial charge in [0.05, 0.1) is 11.6 Å². The fourth-order valence-corrected chi connectivity index (χ4v) is 7.94. The van der Waals surface area contributed by atoms with Crippen molar-refractivity contribution in [3.05, 3.63) is 45.5 Å². The van der Waals surface area contributed by atoms with Crippen LogP contribution < -0.4 is 5.73 Å². The minimum Gasteiger partial charge on any atom is -0.508 e. The number of likely N-dealkylation sites (N-methyl/N-ethyl adjacent to an activating group) is 1. The van der Waals surface area contributed by atoms with Gasteiger partial charge in [0.15, 0.2) is 11.4 Å². The van der Waals surface area contributed by atoms with Gasteiger partial charge in [0.1, 0.15) is 28.7 Å². The van der Waals surface area contributed by atoms with Gasteiger partial charge in [0.25, 0.3) is 5.91 Å². The summed E-state index contributed by atoms with van der Waals surface area (Å²) in [6, 6.07) is 0.869. The van der Waals surface area contributed by atoms with Crippen LogP contribution in [0.1, 0.15) is 48.8 Å². The predicted molar refractivity (Wildman–Crippen MR) is 136 cm³/mol. The molecule has 2 saturated heterocycles. The lowest BCUT2D eigenvalue weighted by molar-refractivity contribution is -0.153. The molecule has 1 saturated carbocycles. The number of phenols is 1. The van der Waals surface area contributed by atoms with Crippen LogP contribution in [0.4, 0.5) is 4.39 Å². The predicted octanol–water partition coefficient (Wildman–Crippen LogP) is 1.23. The van der Waals surface area contributed by atoms with Gasteiger partial charge >= 0.3 is 0 Å². The first-order valence-corrected chi connectivity index (χ1v) is 13.3. The van der Waals surface area contributed by atoms with E-state index in [-0.39, 0.29) is 35.3 Å². The van der Waals surface area contributed by atoms with E-state index >= 15 is 4.39 Å². The van der Waals surface area contributed by atoms with Gasteiger partial charge < -0.3 is 26.2 Å². The largest absolute Gasteiger partial charge is 0.508 e. The number of Topliss-reactive ketones (excluding diaryl/α,β-unsaturated/α-hetero) is 2. The molecule has 2 aliphatic heterocycles. The zero-order chi connectivity index (χ0) is 28.1. The number of carbonyl (C=O) groups excluding carboxylic acids is 3. The number of fused-ring (bicyclic) bond motifs is 5. The quantitative estimate of drug-likeness (QED) is 0.353. The van der Waals surface area contributed by atoms with Crippen molar-refractivity contribution in [2.45, 2.75) is 68.8 Å². The molecule has 2 heterocycles. The maximum Gasteiger partial charge on any atom is 0.255 e. The second kappa shape index (κ2) is 8.61. The zero-order valence-corrected chi connectivity index (χ0v) is 21.8. The van der Waals surface area contributed by atoms with Crippen LogP contribution in [0.3, 0.4) is 0 Å². The summed E-state index contributed by atoms with van der Waals surface area (Å²) in [5.41, 5.74) is 1.61. The number of nitrogens with two attached hydrogens (primary N) is 1. The van der Waals surface area contributed by atoms with Gasteiger partial charge in [-0.25, -0.2) is 4.39 Å². The third-order valence-corrected chi connectivity index (χ3v) is 9.69. The van der Waals surface area contributed by atoms with Gasteiger partial charge in [-0.05, 0) is 64.6 Å². The molecular weight excluding hydrogens is 509 g/mol. The Balaban J connectivity index is 1.47. The molecule has 6 N–H and O–H groups in total. The summed E-state index contributed by atoms with van der Waals surface area (Å²) in [6.45, 7) is 0.330. The molecule has 6 rings (SSSR count). The molecule has 5 aliphatic rings. The highest BCUT2D eigenvalue weighted by atomic mass is 19.1. The van der Waals surface area contributed by atoms with Gasteiger partial charge in [0, 0.05) is 41.2 Å². The standard InChI is InChI=1S/C28H32FN3O7/c1-31(2)22-16-8-11-7-15-19(17(33)9-12(21(15)29)10-32-13-3-4-14(32)6-5-13)23(34)18(11)25(36)28(16,39)26(37)20(24(22)35)27(30)38/h9,11,13-14,16,22,33-34,37,39H,3-8,10H2,1-2H3,(H2,30,38)/t11-,13?,14?,16-,22-,28-/m0/s1. The smallest absolute Gasteiger partial charge is 0.255 e. The Kier molecular flexibility index (Phi) is 5.73. The number of primary amides is 1. The summed E-state index contributed by atoms with van der Waals surface area (Å²) in [6.07, 6.45) is 4.12. The average Bonchev–Trinajstić information content (AvgIpc) is 3.43.